The molecule has 1 aromatic rings. The zero-order valence-electron chi connectivity index (χ0n) is 10.3. The van der Waals surface area contributed by atoms with E-state index in [4.69, 9.17) is 9.47 Å². The quantitative estimate of drug-likeness (QED) is 0.775. The van der Waals surface area contributed by atoms with Gasteiger partial charge < -0.3 is 14.2 Å². The average molecular weight is 280 g/mol. The zero-order valence-corrected chi connectivity index (χ0v) is 10.3. The van der Waals surface area contributed by atoms with E-state index < -0.39 is 24.6 Å². The molecule has 1 saturated carbocycles. The molecule has 1 unspecified atom stereocenters. The summed E-state index contributed by atoms with van der Waals surface area (Å²) in [4.78, 5) is 0. The van der Waals surface area contributed by atoms with Gasteiger partial charge in [0.2, 0.25) is 0 Å². The lowest BCUT2D eigenvalue weighted by atomic mass is 10.1. The molecule has 3 nitrogen and oxygen atoms in total. The first-order valence-electron chi connectivity index (χ1n) is 5.42. The normalized spacial score (nSPS) is 24.4. The van der Waals surface area contributed by atoms with Gasteiger partial charge in [0.25, 0.3) is 5.92 Å². The van der Waals surface area contributed by atoms with Crippen molar-refractivity contribution in [3.05, 3.63) is 23.8 Å². The molecule has 7 heteroatoms. The molecule has 1 aliphatic rings. The number of benzene rings is 1. The molecule has 0 bridgehead atoms. The van der Waals surface area contributed by atoms with Gasteiger partial charge in [-0.25, -0.2) is 8.78 Å². The highest BCUT2D eigenvalue weighted by molar-refractivity contribution is 5.47. The Balaban J connectivity index is 2.40. The van der Waals surface area contributed by atoms with E-state index in [1.54, 1.807) is 0 Å². The van der Waals surface area contributed by atoms with Gasteiger partial charge in [0, 0.05) is 0 Å². The number of rotatable bonds is 5. The summed E-state index contributed by atoms with van der Waals surface area (Å²) in [7, 11) is 2.71. The third kappa shape index (κ3) is 2.22. The first-order valence-corrected chi connectivity index (χ1v) is 5.42. The van der Waals surface area contributed by atoms with Crippen LogP contribution < -0.4 is 9.47 Å². The molecule has 0 amide bonds. The van der Waals surface area contributed by atoms with E-state index >= 15 is 0 Å². The van der Waals surface area contributed by atoms with Crippen molar-refractivity contribution < 1.29 is 31.8 Å². The SMILES string of the molecule is COc1ccc(C2(OC(F)F)CC2(F)F)cc1OC. The van der Waals surface area contributed by atoms with Gasteiger partial charge in [0.15, 0.2) is 17.1 Å². The van der Waals surface area contributed by atoms with Gasteiger partial charge in [-0.05, 0) is 17.7 Å². The van der Waals surface area contributed by atoms with E-state index in [1.165, 1.54) is 32.4 Å². The van der Waals surface area contributed by atoms with Gasteiger partial charge in [-0.3, -0.25) is 0 Å². The maximum Gasteiger partial charge on any atom is 0.346 e. The molecular formula is C12H12F4O3. The Kier molecular flexibility index (Phi) is 3.34. The second kappa shape index (κ2) is 4.56. The van der Waals surface area contributed by atoms with E-state index in [0.29, 0.717) is 5.75 Å². The summed E-state index contributed by atoms with van der Waals surface area (Å²) in [5.41, 5.74) is -2.34. The second-order valence-corrected chi connectivity index (χ2v) is 4.16. The van der Waals surface area contributed by atoms with Crippen LogP contribution in [0, 0.1) is 0 Å². The Hall–Kier alpha value is -1.50. The second-order valence-electron chi connectivity index (χ2n) is 4.16. The molecule has 2 rings (SSSR count). The van der Waals surface area contributed by atoms with Crippen molar-refractivity contribution in [3.8, 4) is 11.5 Å². The maximum atomic E-state index is 13.4. The Morgan fingerprint density at radius 3 is 2.11 bits per heavy atom. The lowest BCUT2D eigenvalue weighted by molar-refractivity contribution is -0.203. The third-order valence-corrected chi connectivity index (χ3v) is 3.08. The minimum atomic E-state index is -3.32. The average Bonchev–Trinajstić information content (AvgIpc) is 2.90. The number of alkyl halides is 4. The standard InChI is InChI=1S/C12H12F4O3/c1-17-8-4-3-7(5-9(8)18-2)11(19-10(13)14)6-12(11,15)16/h3-5,10H,6H2,1-2H3. The molecule has 0 heterocycles. The molecule has 0 aromatic heterocycles. The first kappa shape index (κ1) is 13.9. The number of methoxy groups -OCH3 is 2. The van der Waals surface area contributed by atoms with Gasteiger partial charge in [0.05, 0.1) is 20.6 Å². The molecular weight excluding hydrogens is 268 g/mol. The van der Waals surface area contributed by atoms with E-state index in [1.807, 2.05) is 0 Å². The molecule has 1 aromatic carbocycles. The Labute approximate surface area is 107 Å². The molecule has 106 valence electrons. The maximum absolute atomic E-state index is 13.4. The zero-order chi connectivity index (χ0) is 14.3. The number of halogens is 4. The molecule has 0 radical (unpaired) electrons. The van der Waals surface area contributed by atoms with Gasteiger partial charge >= 0.3 is 6.61 Å². The predicted octanol–water partition coefficient (Wildman–Crippen LogP) is 3.18. The fourth-order valence-electron chi connectivity index (χ4n) is 2.02. The number of hydrogen-bond donors (Lipinski definition) is 0. The fraction of sp³-hybridized carbons (Fsp3) is 0.500. The smallest absolute Gasteiger partial charge is 0.346 e. The highest BCUT2D eigenvalue weighted by Crippen LogP contribution is 2.63. The number of hydrogen-bond acceptors (Lipinski definition) is 3. The molecule has 1 fully saturated rings. The summed E-state index contributed by atoms with van der Waals surface area (Å²) in [6, 6.07) is 3.87. The van der Waals surface area contributed by atoms with E-state index in [0.717, 1.165) is 0 Å². The van der Waals surface area contributed by atoms with Gasteiger partial charge in [-0.15, -0.1) is 0 Å². The molecule has 0 aliphatic heterocycles. The van der Waals surface area contributed by atoms with Crippen molar-refractivity contribution in [2.45, 2.75) is 24.6 Å². The summed E-state index contributed by atoms with van der Waals surface area (Å²) in [6.07, 6.45) is -0.778. The van der Waals surface area contributed by atoms with Crippen LogP contribution in [0.15, 0.2) is 18.2 Å². The molecule has 19 heavy (non-hydrogen) atoms. The van der Waals surface area contributed by atoms with Crippen molar-refractivity contribution in [2.24, 2.45) is 0 Å². The summed E-state index contributed by atoms with van der Waals surface area (Å²) in [5.74, 6) is -2.81. The summed E-state index contributed by atoms with van der Waals surface area (Å²) < 4.78 is 65.5. The minimum absolute atomic E-state index is 0.0598. The highest BCUT2D eigenvalue weighted by atomic mass is 19.3. The van der Waals surface area contributed by atoms with Gasteiger partial charge in [0.1, 0.15) is 0 Å². The van der Waals surface area contributed by atoms with Crippen molar-refractivity contribution >= 4 is 0 Å². The topological polar surface area (TPSA) is 27.7 Å². The molecule has 0 N–H and O–H groups in total. The first-order chi connectivity index (χ1) is 8.86. The van der Waals surface area contributed by atoms with Crippen molar-refractivity contribution in [1.82, 2.24) is 0 Å². The summed E-state index contributed by atoms with van der Waals surface area (Å²) >= 11 is 0. The van der Waals surface area contributed by atoms with Crippen LogP contribution in [0.2, 0.25) is 0 Å². The number of ether oxygens (including phenoxy) is 3. The van der Waals surface area contributed by atoms with Crippen molar-refractivity contribution in [1.29, 1.82) is 0 Å². The van der Waals surface area contributed by atoms with Crippen LogP contribution in [0.4, 0.5) is 17.6 Å². The lowest BCUT2D eigenvalue weighted by Crippen LogP contribution is -2.23. The summed E-state index contributed by atoms with van der Waals surface area (Å²) in [6.45, 7) is -3.28. The molecule has 1 aliphatic carbocycles. The molecule has 0 saturated heterocycles. The highest BCUT2D eigenvalue weighted by Gasteiger charge is 2.75. The van der Waals surface area contributed by atoms with Crippen molar-refractivity contribution in [3.63, 3.8) is 0 Å². The Morgan fingerprint density at radius 1 is 1.11 bits per heavy atom. The van der Waals surface area contributed by atoms with Gasteiger partial charge in [-0.1, -0.05) is 6.07 Å². The largest absolute Gasteiger partial charge is 0.493 e. The Morgan fingerprint density at radius 2 is 1.68 bits per heavy atom. The Bertz CT molecular complexity index is 478. The monoisotopic (exact) mass is 280 g/mol. The van der Waals surface area contributed by atoms with Crippen LogP contribution >= 0.6 is 0 Å². The van der Waals surface area contributed by atoms with Gasteiger partial charge in [-0.2, -0.15) is 8.78 Å². The predicted molar refractivity (Wildman–Crippen MR) is 57.9 cm³/mol. The van der Waals surface area contributed by atoms with Crippen LogP contribution in [0.3, 0.4) is 0 Å². The van der Waals surface area contributed by atoms with Crippen LogP contribution in [0.25, 0.3) is 0 Å². The minimum Gasteiger partial charge on any atom is -0.493 e. The van der Waals surface area contributed by atoms with E-state index in [2.05, 4.69) is 4.74 Å². The van der Waals surface area contributed by atoms with Crippen LogP contribution in [-0.4, -0.2) is 26.8 Å². The molecule has 0 spiro atoms. The molecule has 1 atom stereocenters. The van der Waals surface area contributed by atoms with Crippen LogP contribution in [-0.2, 0) is 10.3 Å². The van der Waals surface area contributed by atoms with E-state index in [9.17, 15) is 17.6 Å². The lowest BCUT2D eigenvalue weighted by Gasteiger charge is -2.19. The van der Waals surface area contributed by atoms with Crippen molar-refractivity contribution in [2.75, 3.05) is 14.2 Å². The summed E-state index contributed by atoms with van der Waals surface area (Å²) in [5, 5.41) is 0. The van der Waals surface area contributed by atoms with Crippen LogP contribution in [0.5, 0.6) is 11.5 Å². The van der Waals surface area contributed by atoms with E-state index in [-0.39, 0.29) is 11.3 Å². The van der Waals surface area contributed by atoms with Crippen LogP contribution in [0.1, 0.15) is 12.0 Å². The third-order valence-electron chi connectivity index (χ3n) is 3.08. The fourth-order valence-corrected chi connectivity index (χ4v) is 2.02.